The van der Waals surface area contributed by atoms with Gasteiger partial charge in [-0.1, -0.05) is 22.0 Å². The Morgan fingerprint density at radius 2 is 2.00 bits per heavy atom. The second-order valence-corrected chi connectivity index (χ2v) is 5.63. The van der Waals surface area contributed by atoms with Crippen LogP contribution < -0.4 is 5.30 Å². The van der Waals surface area contributed by atoms with E-state index in [4.69, 9.17) is 9.05 Å². The molecule has 0 aliphatic carbocycles. The van der Waals surface area contributed by atoms with Crippen LogP contribution in [-0.2, 0) is 13.6 Å². The monoisotopic (exact) mass is 291 g/mol. The lowest BCUT2D eigenvalue weighted by molar-refractivity contribution is 0.230. The first-order valence-electron chi connectivity index (χ1n) is 4.69. The maximum absolute atomic E-state index is 12.3. The molecule has 0 aromatic heterocycles. The van der Waals surface area contributed by atoms with Crippen molar-refractivity contribution >= 4 is 28.8 Å². The van der Waals surface area contributed by atoms with Gasteiger partial charge in [0, 0.05) is 4.47 Å². The van der Waals surface area contributed by atoms with Crippen molar-refractivity contribution in [1.29, 1.82) is 0 Å². The predicted molar refractivity (Wildman–Crippen MR) is 63.5 cm³/mol. The van der Waals surface area contributed by atoms with E-state index < -0.39 is 7.60 Å². The van der Waals surface area contributed by atoms with Crippen LogP contribution in [0.4, 0.5) is 0 Å². The van der Waals surface area contributed by atoms with Crippen LogP contribution in [0.2, 0.25) is 0 Å². The van der Waals surface area contributed by atoms with Crippen LogP contribution in [0.25, 0.3) is 0 Å². The fraction of sp³-hybridized carbons (Fsp3) is 0.400. The highest BCUT2D eigenvalue weighted by atomic mass is 79.9. The van der Waals surface area contributed by atoms with Crippen molar-refractivity contribution in [3.05, 3.63) is 28.7 Å². The molecule has 0 heterocycles. The highest BCUT2D eigenvalue weighted by Gasteiger charge is 2.26. The van der Waals surface area contributed by atoms with Crippen molar-refractivity contribution in [2.45, 2.75) is 13.8 Å². The second-order valence-electron chi connectivity index (χ2n) is 2.73. The lowest BCUT2D eigenvalue weighted by atomic mass is 10.4. The van der Waals surface area contributed by atoms with Crippen molar-refractivity contribution in [3.63, 3.8) is 0 Å². The highest BCUT2D eigenvalue weighted by molar-refractivity contribution is 9.10. The maximum Gasteiger partial charge on any atom is 0.361 e. The van der Waals surface area contributed by atoms with E-state index in [9.17, 15) is 4.57 Å². The van der Waals surface area contributed by atoms with E-state index in [2.05, 4.69) is 22.0 Å². The molecule has 15 heavy (non-hydrogen) atoms. The molecule has 0 unspecified atom stereocenters. The Kier molecular flexibility index (Phi) is 5.00. The van der Waals surface area contributed by atoms with E-state index in [0.29, 0.717) is 18.5 Å². The minimum absolute atomic E-state index is 0.345. The molecular weight excluding hydrogens is 279 g/mol. The first kappa shape index (κ1) is 12.9. The first-order chi connectivity index (χ1) is 7.12. The van der Waals surface area contributed by atoms with E-state index in [-0.39, 0.29) is 0 Å². The third-order valence-corrected chi connectivity index (χ3v) is 4.18. The zero-order chi connectivity index (χ0) is 11.3. The van der Waals surface area contributed by atoms with Crippen LogP contribution in [0.3, 0.4) is 0 Å². The Labute approximate surface area is 98.4 Å². The Balaban J connectivity index is 3.03. The third-order valence-electron chi connectivity index (χ3n) is 1.64. The molecule has 3 nitrogen and oxygen atoms in total. The molecule has 0 saturated heterocycles. The van der Waals surface area contributed by atoms with Gasteiger partial charge in [-0.05, 0) is 32.0 Å². The number of hydrogen-bond donors (Lipinski definition) is 0. The quantitative estimate of drug-likeness (QED) is 0.782. The summed E-state index contributed by atoms with van der Waals surface area (Å²) in [5.74, 6) is 0. The molecular formula is C10H13BrO3P. The minimum Gasteiger partial charge on any atom is -0.305 e. The number of rotatable bonds is 5. The lowest BCUT2D eigenvalue weighted by Crippen LogP contribution is -2.10. The van der Waals surface area contributed by atoms with Gasteiger partial charge < -0.3 is 9.05 Å². The molecule has 1 radical (unpaired) electrons. The van der Waals surface area contributed by atoms with Crippen LogP contribution in [0, 0.1) is 6.07 Å². The Morgan fingerprint density at radius 1 is 1.40 bits per heavy atom. The number of benzene rings is 1. The molecule has 0 amide bonds. The van der Waals surface area contributed by atoms with Crippen LogP contribution in [0.5, 0.6) is 0 Å². The smallest absolute Gasteiger partial charge is 0.305 e. The van der Waals surface area contributed by atoms with E-state index >= 15 is 0 Å². The van der Waals surface area contributed by atoms with E-state index in [0.717, 1.165) is 4.47 Å². The van der Waals surface area contributed by atoms with E-state index in [1.54, 1.807) is 26.0 Å². The SMILES string of the molecule is CCOP(=O)(OCC)c1[c]ccc(Br)c1. The molecule has 0 atom stereocenters. The molecule has 1 rings (SSSR count). The largest absolute Gasteiger partial charge is 0.361 e. The maximum atomic E-state index is 12.3. The summed E-state index contributed by atoms with van der Waals surface area (Å²) < 4.78 is 23.5. The van der Waals surface area contributed by atoms with Gasteiger partial charge in [0.15, 0.2) is 0 Å². The van der Waals surface area contributed by atoms with Gasteiger partial charge in [0.2, 0.25) is 0 Å². The molecule has 0 aliphatic rings. The van der Waals surface area contributed by atoms with Gasteiger partial charge in [-0.25, -0.2) is 0 Å². The highest BCUT2D eigenvalue weighted by Crippen LogP contribution is 2.46. The van der Waals surface area contributed by atoms with E-state index in [1.165, 1.54) is 0 Å². The number of hydrogen-bond acceptors (Lipinski definition) is 3. The van der Waals surface area contributed by atoms with Gasteiger partial charge in [0.05, 0.1) is 18.5 Å². The summed E-state index contributed by atoms with van der Waals surface area (Å²) in [6.07, 6.45) is 0. The molecule has 0 fully saturated rings. The van der Waals surface area contributed by atoms with Gasteiger partial charge in [-0.15, -0.1) is 0 Å². The van der Waals surface area contributed by atoms with Crippen molar-refractivity contribution in [1.82, 2.24) is 0 Å². The average Bonchev–Trinajstić information content (AvgIpc) is 2.18. The van der Waals surface area contributed by atoms with Gasteiger partial charge >= 0.3 is 7.60 Å². The normalized spacial score (nSPS) is 11.7. The Morgan fingerprint density at radius 3 is 2.47 bits per heavy atom. The molecule has 0 aliphatic heterocycles. The van der Waals surface area contributed by atoms with Gasteiger partial charge in [-0.2, -0.15) is 0 Å². The van der Waals surface area contributed by atoms with Crippen molar-refractivity contribution in [2.75, 3.05) is 13.2 Å². The molecule has 1 aromatic carbocycles. The lowest BCUT2D eigenvalue weighted by Gasteiger charge is -2.16. The summed E-state index contributed by atoms with van der Waals surface area (Å²) in [6.45, 7) is 4.25. The van der Waals surface area contributed by atoms with E-state index in [1.807, 2.05) is 6.07 Å². The topological polar surface area (TPSA) is 35.5 Å². The molecule has 0 saturated carbocycles. The fourth-order valence-corrected chi connectivity index (χ4v) is 3.20. The summed E-state index contributed by atoms with van der Waals surface area (Å²) in [7, 11) is -3.18. The van der Waals surface area contributed by atoms with Crippen molar-refractivity contribution in [2.24, 2.45) is 0 Å². The fourth-order valence-electron chi connectivity index (χ4n) is 1.10. The second kappa shape index (κ2) is 5.80. The first-order valence-corrected chi connectivity index (χ1v) is 7.03. The summed E-state index contributed by atoms with van der Waals surface area (Å²) in [4.78, 5) is 0. The van der Waals surface area contributed by atoms with Gasteiger partial charge in [0.25, 0.3) is 0 Å². The Hall–Kier alpha value is -0.150. The molecule has 0 N–H and O–H groups in total. The minimum atomic E-state index is -3.18. The zero-order valence-corrected chi connectivity index (χ0v) is 11.2. The van der Waals surface area contributed by atoms with Crippen LogP contribution in [0.1, 0.15) is 13.8 Å². The standard InChI is InChI=1S/C10H13BrO3P/c1-3-13-15(12,14-4-2)10-7-5-6-9(11)8-10/h5-6,8H,3-4H2,1-2H3. The Bertz CT molecular complexity index is 357. The van der Waals surface area contributed by atoms with Crippen LogP contribution >= 0.6 is 23.5 Å². The summed E-state index contributed by atoms with van der Waals surface area (Å²) in [5, 5.41) is 0.459. The number of halogens is 1. The predicted octanol–water partition coefficient (Wildman–Crippen LogP) is 3.14. The molecule has 83 valence electrons. The van der Waals surface area contributed by atoms with Crippen molar-refractivity contribution < 1.29 is 13.6 Å². The summed E-state index contributed by atoms with van der Waals surface area (Å²) in [6, 6.07) is 8.07. The summed E-state index contributed by atoms with van der Waals surface area (Å²) >= 11 is 3.30. The molecule has 0 bridgehead atoms. The van der Waals surface area contributed by atoms with Crippen LogP contribution in [0.15, 0.2) is 22.7 Å². The zero-order valence-electron chi connectivity index (χ0n) is 8.70. The molecule has 5 heteroatoms. The molecule has 0 spiro atoms. The van der Waals surface area contributed by atoms with Crippen molar-refractivity contribution in [3.8, 4) is 0 Å². The van der Waals surface area contributed by atoms with Gasteiger partial charge in [0.1, 0.15) is 0 Å². The third kappa shape index (κ3) is 3.42. The summed E-state index contributed by atoms with van der Waals surface area (Å²) in [5.41, 5.74) is 0. The van der Waals surface area contributed by atoms with Crippen LogP contribution in [-0.4, -0.2) is 13.2 Å². The molecule has 1 aromatic rings. The van der Waals surface area contributed by atoms with Gasteiger partial charge in [-0.3, -0.25) is 4.57 Å². The average molecular weight is 292 g/mol.